The third-order valence-electron chi connectivity index (χ3n) is 4.93. The number of carboxylic acids is 1. The third-order valence-corrected chi connectivity index (χ3v) is 8.62. The van der Waals surface area contributed by atoms with Crippen LogP contribution < -0.4 is 4.72 Å². The Balaban J connectivity index is 1.90. The molecule has 1 heterocycles. The van der Waals surface area contributed by atoms with Crippen LogP contribution in [0.5, 0.6) is 0 Å². The molecule has 11 heteroatoms. The fourth-order valence-electron chi connectivity index (χ4n) is 3.49. The molecule has 0 aliphatic carbocycles. The zero-order valence-electron chi connectivity index (χ0n) is 19.1. The van der Waals surface area contributed by atoms with Crippen molar-refractivity contribution in [3.05, 3.63) is 54.1 Å². The molecule has 182 valence electrons. The summed E-state index contributed by atoms with van der Waals surface area (Å²) in [4.78, 5) is 23.8. The lowest BCUT2D eigenvalue weighted by molar-refractivity contribution is -0.128. The molecule has 3 rings (SSSR count). The van der Waals surface area contributed by atoms with Crippen molar-refractivity contribution in [2.24, 2.45) is 5.10 Å². The Kier molecular flexibility index (Phi) is 8.11. The van der Waals surface area contributed by atoms with Crippen LogP contribution in [-0.2, 0) is 25.3 Å². The van der Waals surface area contributed by atoms with E-state index in [1.165, 1.54) is 6.07 Å². The molecule has 2 aromatic rings. The van der Waals surface area contributed by atoms with Crippen LogP contribution in [0.15, 0.2) is 58.5 Å². The second-order valence-corrected chi connectivity index (χ2v) is 10.9. The molecule has 1 aliphatic heterocycles. The first kappa shape index (κ1) is 25.4. The van der Waals surface area contributed by atoms with E-state index in [1.54, 1.807) is 44.2 Å². The quantitative estimate of drug-likeness (QED) is 0.496. The molecule has 9 nitrogen and oxygen atoms in total. The topological polar surface area (TPSA) is 125 Å². The summed E-state index contributed by atoms with van der Waals surface area (Å²) in [5.41, 5.74) is 2.50. The smallest absolute Gasteiger partial charge is 0.421 e. The van der Waals surface area contributed by atoms with Gasteiger partial charge in [-0.25, -0.2) is 27.1 Å². The van der Waals surface area contributed by atoms with Gasteiger partial charge in [-0.1, -0.05) is 60.1 Å². The van der Waals surface area contributed by atoms with Gasteiger partial charge in [0, 0.05) is 17.9 Å². The van der Waals surface area contributed by atoms with Gasteiger partial charge in [0.1, 0.15) is 4.86 Å². The standard InChI is InChI=1S/C23H27N3O6S2/c1-4-14-26-24-16(3)21(22(27)28)33(26)15-17-10-12-18(13-11-17)19-8-6-7-9-20(19)34(30,31)25-23(29)32-5-2/h6-13H,4-5,14-15H2,1-3H3,(H,25,29)(H,27,28). The van der Waals surface area contributed by atoms with E-state index in [9.17, 15) is 23.1 Å². The van der Waals surface area contributed by atoms with E-state index in [2.05, 4.69) is 5.10 Å². The average Bonchev–Trinajstić information content (AvgIpc) is 3.09. The Bertz CT molecular complexity index is 1250. The van der Waals surface area contributed by atoms with Crippen LogP contribution in [0.1, 0.15) is 32.8 Å². The van der Waals surface area contributed by atoms with Crippen LogP contribution >= 0.6 is 10.7 Å². The lowest BCUT2D eigenvalue weighted by atomic mass is 10.0. The Hall–Kier alpha value is -3.18. The van der Waals surface area contributed by atoms with Crippen molar-refractivity contribution in [1.29, 1.82) is 0 Å². The van der Waals surface area contributed by atoms with Crippen LogP contribution in [0.3, 0.4) is 0 Å². The molecule has 0 radical (unpaired) electrons. The Morgan fingerprint density at radius 2 is 1.79 bits per heavy atom. The highest BCUT2D eigenvalue weighted by Crippen LogP contribution is 2.34. The molecule has 1 aliphatic rings. The van der Waals surface area contributed by atoms with Gasteiger partial charge in [0.2, 0.25) is 0 Å². The van der Waals surface area contributed by atoms with Gasteiger partial charge in [-0.3, -0.25) is 0 Å². The van der Waals surface area contributed by atoms with Crippen LogP contribution in [-0.4, -0.2) is 53.7 Å². The van der Waals surface area contributed by atoms with E-state index in [-0.39, 0.29) is 11.5 Å². The van der Waals surface area contributed by atoms with Crippen molar-refractivity contribution >= 4 is 43.3 Å². The van der Waals surface area contributed by atoms with Gasteiger partial charge < -0.3 is 9.84 Å². The Labute approximate surface area is 201 Å². The zero-order chi connectivity index (χ0) is 24.9. The number of hydrogen-bond acceptors (Lipinski definition) is 7. The van der Waals surface area contributed by atoms with Crippen LogP contribution in [0.25, 0.3) is 11.1 Å². The highest BCUT2D eigenvalue weighted by Gasteiger charge is 2.27. The number of carboxylic acid groups (broad SMARTS) is 1. The number of hydrogen-bond donors (Lipinski definition) is 2. The second-order valence-electron chi connectivity index (χ2n) is 7.42. The van der Waals surface area contributed by atoms with Crippen LogP contribution in [0.2, 0.25) is 0 Å². The molecule has 0 bridgehead atoms. The van der Waals surface area contributed by atoms with Crippen molar-refractivity contribution < 1.29 is 27.9 Å². The summed E-state index contributed by atoms with van der Waals surface area (Å²) in [6.45, 7) is 6.02. The number of sulfonamides is 1. The predicted octanol–water partition coefficient (Wildman–Crippen LogP) is 3.83. The van der Waals surface area contributed by atoms with Gasteiger partial charge in [0.05, 0.1) is 17.2 Å². The number of hydrazone groups is 1. The van der Waals surface area contributed by atoms with Crippen molar-refractivity contribution in [2.75, 3.05) is 13.2 Å². The summed E-state index contributed by atoms with van der Waals surface area (Å²) in [7, 11) is -4.84. The second kappa shape index (κ2) is 10.8. The summed E-state index contributed by atoms with van der Waals surface area (Å²) in [5.74, 6) is -0.485. The number of nitrogens with zero attached hydrogens (tertiary/aromatic N) is 2. The number of aliphatic carboxylic acids is 1. The van der Waals surface area contributed by atoms with E-state index >= 15 is 0 Å². The molecule has 0 aromatic heterocycles. The fraction of sp³-hybridized carbons (Fsp3) is 0.304. The molecular formula is C23H27N3O6S2. The monoisotopic (exact) mass is 505 g/mol. The first-order valence-electron chi connectivity index (χ1n) is 10.7. The maximum atomic E-state index is 12.7. The van der Waals surface area contributed by atoms with E-state index in [1.807, 2.05) is 28.2 Å². The number of rotatable bonds is 9. The molecule has 0 fully saturated rings. The number of ether oxygens (including phenoxy) is 1. The van der Waals surface area contributed by atoms with Crippen molar-refractivity contribution in [3.8, 4) is 11.1 Å². The fourth-order valence-corrected chi connectivity index (χ4v) is 6.84. The molecule has 0 saturated heterocycles. The van der Waals surface area contributed by atoms with Crippen molar-refractivity contribution in [2.45, 2.75) is 37.8 Å². The van der Waals surface area contributed by atoms with Gasteiger partial charge in [0.15, 0.2) is 0 Å². The normalized spacial score (nSPS) is 15.7. The van der Waals surface area contributed by atoms with Gasteiger partial charge in [-0.05, 0) is 37.5 Å². The van der Waals surface area contributed by atoms with Crippen molar-refractivity contribution in [3.63, 3.8) is 0 Å². The van der Waals surface area contributed by atoms with Gasteiger partial charge >= 0.3 is 12.1 Å². The molecule has 0 saturated carbocycles. The minimum atomic E-state index is -4.14. The number of carbonyl (C=O) groups excluding carboxylic acids is 1. The molecule has 0 spiro atoms. The molecule has 34 heavy (non-hydrogen) atoms. The SMILES string of the molecule is CCCN1N=C(C)C(C(=O)O)=S1Cc1ccc(-c2ccccc2S(=O)(=O)NC(=O)OCC)cc1. The van der Waals surface area contributed by atoms with E-state index in [0.29, 0.717) is 34.0 Å². The zero-order valence-corrected chi connectivity index (χ0v) is 20.8. The maximum Gasteiger partial charge on any atom is 0.421 e. The molecule has 1 unspecified atom stereocenters. The molecule has 1 atom stereocenters. The van der Waals surface area contributed by atoms with E-state index in [0.717, 1.165) is 12.0 Å². The minimum absolute atomic E-state index is 0.0480. The highest BCUT2D eigenvalue weighted by molar-refractivity contribution is 8.15. The number of benzene rings is 2. The van der Waals surface area contributed by atoms with Crippen molar-refractivity contribution in [1.82, 2.24) is 9.14 Å². The van der Waals surface area contributed by atoms with Gasteiger partial charge in [-0.15, -0.1) is 0 Å². The van der Waals surface area contributed by atoms with E-state index < -0.39 is 32.8 Å². The van der Waals surface area contributed by atoms with Crippen LogP contribution in [0, 0.1) is 0 Å². The first-order chi connectivity index (χ1) is 16.2. The maximum absolute atomic E-state index is 12.7. The predicted molar refractivity (Wildman–Crippen MR) is 133 cm³/mol. The molecular weight excluding hydrogens is 478 g/mol. The average molecular weight is 506 g/mol. The highest BCUT2D eigenvalue weighted by atomic mass is 32.2. The Morgan fingerprint density at radius 3 is 2.41 bits per heavy atom. The molecule has 2 N–H and O–H groups in total. The van der Waals surface area contributed by atoms with Gasteiger partial charge in [0.25, 0.3) is 10.0 Å². The minimum Gasteiger partial charge on any atom is -0.477 e. The summed E-state index contributed by atoms with van der Waals surface area (Å²) in [5, 5.41) is 14.1. The number of nitrogens with one attached hydrogen (secondary N) is 1. The lowest BCUT2D eigenvalue weighted by Gasteiger charge is -2.20. The molecule has 2 aromatic carbocycles. The Morgan fingerprint density at radius 1 is 1.12 bits per heavy atom. The van der Waals surface area contributed by atoms with Gasteiger partial charge in [-0.2, -0.15) is 5.10 Å². The first-order valence-corrected chi connectivity index (χ1v) is 13.5. The summed E-state index contributed by atoms with van der Waals surface area (Å²) >= 11 is 0. The number of carbonyl (C=O) groups is 2. The molecule has 1 amide bonds. The lowest BCUT2D eigenvalue weighted by Crippen LogP contribution is -2.31. The number of amides is 1. The summed E-state index contributed by atoms with van der Waals surface area (Å²) in [6.07, 6.45) is -0.193. The van der Waals surface area contributed by atoms with E-state index in [4.69, 9.17) is 4.74 Å². The summed E-state index contributed by atoms with van der Waals surface area (Å²) < 4.78 is 34.0. The largest absolute Gasteiger partial charge is 0.477 e. The third kappa shape index (κ3) is 5.65. The summed E-state index contributed by atoms with van der Waals surface area (Å²) in [6, 6.07) is 13.6. The van der Waals surface area contributed by atoms with Crippen LogP contribution in [0.4, 0.5) is 4.79 Å².